The number of carbonyl (C=O) groups excluding carboxylic acids is 2. The van der Waals surface area contributed by atoms with Crippen LogP contribution in [0.2, 0.25) is 0 Å². The smallest absolute Gasteiger partial charge is 0.274 e. The summed E-state index contributed by atoms with van der Waals surface area (Å²) in [6, 6.07) is 5.98. The van der Waals surface area contributed by atoms with Crippen LogP contribution in [0.5, 0.6) is 0 Å². The lowest BCUT2D eigenvalue weighted by Crippen LogP contribution is -2.44. The third-order valence-electron chi connectivity index (χ3n) is 6.13. The first-order chi connectivity index (χ1) is 14.0. The third kappa shape index (κ3) is 4.17. The monoisotopic (exact) mass is 396 g/mol. The van der Waals surface area contributed by atoms with E-state index in [4.69, 9.17) is 0 Å². The average Bonchev–Trinajstić information content (AvgIpc) is 3.44. The molecule has 0 spiro atoms. The van der Waals surface area contributed by atoms with Crippen LogP contribution in [0.3, 0.4) is 0 Å². The summed E-state index contributed by atoms with van der Waals surface area (Å²) < 4.78 is 0. The first kappa shape index (κ1) is 19.6. The molecular formula is C21H28N6O2. The summed E-state index contributed by atoms with van der Waals surface area (Å²) >= 11 is 0. The molecule has 8 heteroatoms. The van der Waals surface area contributed by atoms with Crippen molar-refractivity contribution in [2.24, 2.45) is 5.92 Å². The number of rotatable bonds is 4. The van der Waals surface area contributed by atoms with E-state index in [1.165, 1.54) is 0 Å². The van der Waals surface area contributed by atoms with Crippen molar-refractivity contribution in [1.82, 2.24) is 29.9 Å². The van der Waals surface area contributed by atoms with Gasteiger partial charge in [-0.1, -0.05) is 0 Å². The van der Waals surface area contributed by atoms with Crippen LogP contribution in [0, 0.1) is 5.92 Å². The Morgan fingerprint density at radius 3 is 2.41 bits per heavy atom. The molecule has 2 fully saturated rings. The lowest BCUT2D eigenvalue weighted by molar-refractivity contribution is -0.136. The number of carbonyl (C=O) groups is 2. The van der Waals surface area contributed by atoms with Gasteiger partial charge in [0.25, 0.3) is 5.91 Å². The minimum Gasteiger partial charge on any atom is -0.341 e. The van der Waals surface area contributed by atoms with Crippen LogP contribution in [-0.2, 0) is 4.79 Å². The van der Waals surface area contributed by atoms with Crippen LogP contribution in [0.25, 0.3) is 11.3 Å². The van der Waals surface area contributed by atoms with Crippen LogP contribution >= 0.6 is 0 Å². The maximum Gasteiger partial charge on any atom is 0.274 e. The minimum absolute atomic E-state index is 0.0199. The zero-order valence-corrected chi connectivity index (χ0v) is 17.0. The molecule has 2 aromatic rings. The topological polar surface area (TPSA) is 85.4 Å². The quantitative estimate of drug-likeness (QED) is 0.846. The van der Waals surface area contributed by atoms with E-state index in [2.05, 4.69) is 34.2 Å². The zero-order valence-electron chi connectivity index (χ0n) is 17.0. The molecule has 2 aliphatic heterocycles. The summed E-state index contributed by atoms with van der Waals surface area (Å²) in [6.45, 7) is 2.84. The number of nitrogens with one attached hydrogen (secondary N) is 1. The minimum atomic E-state index is -0.0821. The molecule has 29 heavy (non-hydrogen) atoms. The van der Waals surface area contributed by atoms with Gasteiger partial charge in [0.1, 0.15) is 0 Å². The number of nitrogens with zero attached hydrogens (tertiary/aromatic N) is 5. The van der Waals surface area contributed by atoms with Crippen molar-refractivity contribution >= 4 is 11.8 Å². The van der Waals surface area contributed by atoms with Gasteiger partial charge in [-0.15, -0.1) is 0 Å². The Bertz CT molecular complexity index is 857. The molecule has 4 rings (SSSR count). The Morgan fingerprint density at radius 1 is 1.07 bits per heavy atom. The number of likely N-dealkylation sites (tertiary alicyclic amines) is 2. The predicted octanol–water partition coefficient (Wildman–Crippen LogP) is 1.49. The van der Waals surface area contributed by atoms with Gasteiger partial charge in [0.15, 0.2) is 5.69 Å². The first-order valence-electron chi connectivity index (χ1n) is 10.2. The zero-order chi connectivity index (χ0) is 20.4. The van der Waals surface area contributed by atoms with E-state index in [0.29, 0.717) is 24.8 Å². The molecule has 2 aromatic heterocycles. The van der Waals surface area contributed by atoms with E-state index in [1.54, 1.807) is 18.5 Å². The van der Waals surface area contributed by atoms with Crippen molar-refractivity contribution in [1.29, 1.82) is 0 Å². The SMILES string of the molecule is CN(C)[C@@H]1CCN(C(=O)C2CCN(C(=O)c3cc(-c4ccncc4)[nH]n3)CC2)C1. The lowest BCUT2D eigenvalue weighted by Gasteiger charge is -2.33. The Balaban J connectivity index is 1.32. The molecular weight excluding hydrogens is 368 g/mol. The summed E-state index contributed by atoms with van der Waals surface area (Å²) in [7, 11) is 4.13. The fourth-order valence-electron chi connectivity index (χ4n) is 4.22. The van der Waals surface area contributed by atoms with Gasteiger partial charge in [-0.05, 0) is 51.6 Å². The second kappa shape index (κ2) is 8.32. The Morgan fingerprint density at radius 2 is 1.76 bits per heavy atom. The van der Waals surface area contributed by atoms with Crippen molar-refractivity contribution in [3.63, 3.8) is 0 Å². The number of amides is 2. The van der Waals surface area contributed by atoms with Crippen LogP contribution in [0.15, 0.2) is 30.6 Å². The number of aromatic nitrogens is 3. The predicted molar refractivity (Wildman–Crippen MR) is 109 cm³/mol. The van der Waals surface area contributed by atoms with Crippen LogP contribution in [0.1, 0.15) is 29.8 Å². The second-order valence-corrected chi connectivity index (χ2v) is 8.16. The average molecular weight is 396 g/mol. The highest BCUT2D eigenvalue weighted by atomic mass is 16.2. The number of H-pyrrole nitrogens is 1. The second-order valence-electron chi connectivity index (χ2n) is 8.16. The number of hydrogen-bond acceptors (Lipinski definition) is 5. The van der Waals surface area contributed by atoms with E-state index >= 15 is 0 Å². The number of pyridine rings is 1. The van der Waals surface area contributed by atoms with Crippen LogP contribution in [0.4, 0.5) is 0 Å². The molecule has 154 valence electrons. The van der Waals surface area contributed by atoms with Gasteiger partial charge in [0.05, 0.1) is 5.69 Å². The summed E-state index contributed by atoms with van der Waals surface area (Å²) in [5.41, 5.74) is 2.15. The summed E-state index contributed by atoms with van der Waals surface area (Å²) in [6.07, 6.45) is 5.89. The highest BCUT2D eigenvalue weighted by molar-refractivity contribution is 5.93. The Labute approximate surface area is 170 Å². The van der Waals surface area contributed by atoms with Crippen LogP contribution < -0.4 is 0 Å². The normalized spacial score (nSPS) is 20.4. The summed E-state index contributed by atoms with van der Waals surface area (Å²) in [4.78, 5) is 35.7. The fraction of sp³-hybridized carbons (Fsp3) is 0.524. The standard InChI is InChI=1S/C21H28N6O2/c1-25(2)17-7-12-27(14-17)20(28)16-5-10-26(11-6-16)21(29)19-13-18(23-24-19)15-3-8-22-9-4-15/h3-4,8-9,13,16-17H,5-7,10-12,14H2,1-2H3,(H,23,24)/t17-/m1/s1. The van der Waals surface area contributed by atoms with Crippen molar-refractivity contribution in [3.05, 3.63) is 36.3 Å². The van der Waals surface area contributed by atoms with E-state index in [1.807, 2.05) is 21.9 Å². The third-order valence-corrected chi connectivity index (χ3v) is 6.13. The van der Waals surface area contributed by atoms with Crippen molar-refractivity contribution in [2.75, 3.05) is 40.3 Å². The molecule has 0 aromatic carbocycles. The van der Waals surface area contributed by atoms with Gasteiger partial charge in [-0.25, -0.2) is 0 Å². The highest BCUT2D eigenvalue weighted by Crippen LogP contribution is 2.24. The summed E-state index contributed by atoms with van der Waals surface area (Å²) in [5.74, 6) is 0.189. The number of hydrogen-bond donors (Lipinski definition) is 1. The van der Waals surface area contributed by atoms with Gasteiger partial charge in [-0.2, -0.15) is 5.10 Å². The molecule has 2 saturated heterocycles. The fourth-order valence-corrected chi connectivity index (χ4v) is 4.22. The lowest BCUT2D eigenvalue weighted by atomic mass is 9.95. The van der Waals surface area contributed by atoms with Gasteiger partial charge in [0, 0.05) is 56.1 Å². The number of piperidine rings is 1. The molecule has 0 radical (unpaired) electrons. The molecule has 1 N–H and O–H groups in total. The van der Waals surface area contributed by atoms with Crippen molar-refractivity contribution in [3.8, 4) is 11.3 Å². The molecule has 4 heterocycles. The van der Waals surface area contributed by atoms with Gasteiger partial charge in [0.2, 0.25) is 5.91 Å². The molecule has 8 nitrogen and oxygen atoms in total. The maximum atomic E-state index is 12.9. The van der Waals surface area contributed by atoms with E-state index in [-0.39, 0.29) is 17.7 Å². The van der Waals surface area contributed by atoms with E-state index in [9.17, 15) is 9.59 Å². The molecule has 1 atom stereocenters. The van der Waals surface area contributed by atoms with E-state index in [0.717, 1.165) is 43.6 Å². The van der Waals surface area contributed by atoms with Crippen LogP contribution in [-0.4, -0.2) is 88.0 Å². The molecule has 0 bridgehead atoms. The molecule has 2 aliphatic rings. The highest BCUT2D eigenvalue weighted by Gasteiger charge is 2.34. The van der Waals surface area contributed by atoms with E-state index < -0.39 is 0 Å². The Hall–Kier alpha value is -2.74. The molecule has 0 saturated carbocycles. The largest absolute Gasteiger partial charge is 0.341 e. The molecule has 2 amide bonds. The summed E-state index contributed by atoms with van der Waals surface area (Å²) in [5, 5.41) is 7.12. The first-order valence-corrected chi connectivity index (χ1v) is 10.2. The van der Waals surface area contributed by atoms with Crippen molar-refractivity contribution in [2.45, 2.75) is 25.3 Å². The van der Waals surface area contributed by atoms with Gasteiger partial charge in [-0.3, -0.25) is 19.7 Å². The van der Waals surface area contributed by atoms with Crippen molar-refractivity contribution < 1.29 is 9.59 Å². The van der Waals surface area contributed by atoms with Gasteiger partial charge < -0.3 is 14.7 Å². The molecule has 0 aliphatic carbocycles. The number of likely N-dealkylation sites (N-methyl/N-ethyl adjacent to an activating group) is 1. The van der Waals surface area contributed by atoms with Gasteiger partial charge >= 0.3 is 0 Å². The maximum absolute atomic E-state index is 12.9. The number of aromatic amines is 1. The molecule has 0 unspecified atom stereocenters. The Kier molecular flexibility index (Phi) is 5.62.